The quantitative estimate of drug-likeness (QED) is 0.901. The molecule has 0 aromatic heterocycles. The van der Waals surface area contributed by atoms with Gasteiger partial charge in [-0.2, -0.15) is 0 Å². The molecule has 4 nitrogen and oxygen atoms in total. The number of carboxylic acid groups (broad SMARTS) is 1. The number of fused-ring (bicyclic) bond motifs is 1. The van der Waals surface area contributed by atoms with E-state index in [1.807, 2.05) is 24.1 Å². The summed E-state index contributed by atoms with van der Waals surface area (Å²) in [6, 6.07) is 5.54. The smallest absolute Gasteiger partial charge is 0.303 e. The standard InChI is InChI=1S/C12H14ClNO3/c1-14-9(3-5-12(15)16)7-17-11-4-2-8(13)6-10(11)14/h2,4,6,9H,3,5,7H2,1H3,(H,15,16). The van der Waals surface area contributed by atoms with Gasteiger partial charge in [-0.1, -0.05) is 11.6 Å². The molecule has 1 N–H and O–H groups in total. The Morgan fingerprint density at radius 2 is 2.41 bits per heavy atom. The summed E-state index contributed by atoms with van der Waals surface area (Å²) in [4.78, 5) is 12.6. The minimum absolute atomic E-state index is 0.0806. The Labute approximate surface area is 105 Å². The van der Waals surface area contributed by atoms with Gasteiger partial charge in [0.15, 0.2) is 0 Å². The maximum atomic E-state index is 10.6. The lowest BCUT2D eigenvalue weighted by molar-refractivity contribution is -0.137. The number of anilines is 1. The number of aliphatic carboxylic acids is 1. The van der Waals surface area contributed by atoms with Crippen molar-refractivity contribution in [3.8, 4) is 5.75 Å². The maximum Gasteiger partial charge on any atom is 0.303 e. The highest BCUT2D eigenvalue weighted by Crippen LogP contribution is 2.35. The molecular formula is C12H14ClNO3. The number of halogens is 1. The van der Waals surface area contributed by atoms with Crippen LogP contribution in [0.4, 0.5) is 5.69 Å². The second kappa shape index (κ2) is 4.84. The second-order valence-corrected chi connectivity index (χ2v) is 4.56. The van der Waals surface area contributed by atoms with Crippen LogP contribution in [0, 0.1) is 0 Å². The van der Waals surface area contributed by atoms with Gasteiger partial charge in [0.2, 0.25) is 0 Å². The molecule has 2 rings (SSSR count). The van der Waals surface area contributed by atoms with Gasteiger partial charge in [0.1, 0.15) is 12.4 Å². The number of likely N-dealkylation sites (N-methyl/N-ethyl adjacent to an activating group) is 1. The van der Waals surface area contributed by atoms with Crippen LogP contribution in [0.3, 0.4) is 0 Å². The lowest BCUT2D eigenvalue weighted by Crippen LogP contribution is -2.40. The van der Waals surface area contributed by atoms with Crippen molar-refractivity contribution in [2.24, 2.45) is 0 Å². The number of ether oxygens (including phenoxy) is 1. The summed E-state index contributed by atoms with van der Waals surface area (Å²) in [5.41, 5.74) is 0.916. The Balaban J connectivity index is 2.14. The molecule has 0 radical (unpaired) electrons. The summed E-state index contributed by atoms with van der Waals surface area (Å²) in [7, 11) is 1.93. The van der Waals surface area contributed by atoms with Crippen LogP contribution in [0.15, 0.2) is 18.2 Å². The minimum atomic E-state index is -0.782. The van der Waals surface area contributed by atoms with Crippen molar-refractivity contribution in [3.05, 3.63) is 23.2 Å². The molecule has 1 unspecified atom stereocenters. The van der Waals surface area contributed by atoms with Gasteiger partial charge in [0, 0.05) is 18.5 Å². The predicted octanol–water partition coefficient (Wildman–Crippen LogP) is 2.40. The summed E-state index contributed by atoms with van der Waals surface area (Å²) in [5, 5.41) is 9.34. The van der Waals surface area contributed by atoms with Crippen LogP contribution < -0.4 is 9.64 Å². The van der Waals surface area contributed by atoms with Gasteiger partial charge in [-0.05, 0) is 24.6 Å². The molecule has 0 amide bonds. The highest BCUT2D eigenvalue weighted by Gasteiger charge is 2.25. The molecule has 5 heteroatoms. The number of hydrogen-bond donors (Lipinski definition) is 1. The van der Waals surface area contributed by atoms with Gasteiger partial charge in [-0.3, -0.25) is 4.79 Å². The van der Waals surface area contributed by atoms with Gasteiger partial charge in [-0.25, -0.2) is 0 Å². The van der Waals surface area contributed by atoms with E-state index in [-0.39, 0.29) is 12.5 Å². The largest absolute Gasteiger partial charge is 0.489 e. The van der Waals surface area contributed by atoms with Crippen molar-refractivity contribution < 1.29 is 14.6 Å². The van der Waals surface area contributed by atoms with Gasteiger partial charge < -0.3 is 14.7 Å². The predicted molar refractivity (Wildman–Crippen MR) is 66.0 cm³/mol. The van der Waals surface area contributed by atoms with Crippen molar-refractivity contribution in [1.82, 2.24) is 0 Å². The first kappa shape index (κ1) is 12.0. The van der Waals surface area contributed by atoms with E-state index in [1.165, 1.54) is 0 Å². The van der Waals surface area contributed by atoms with Gasteiger partial charge >= 0.3 is 5.97 Å². The fraction of sp³-hybridized carbons (Fsp3) is 0.417. The molecule has 1 aromatic rings. The van der Waals surface area contributed by atoms with E-state index >= 15 is 0 Å². The zero-order valence-corrected chi connectivity index (χ0v) is 10.3. The molecule has 0 saturated heterocycles. The van der Waals surface area contributed by atoms with Crippen LogP contribution in [0.5, 0.6) is 5.75 Å². The molecule has 1 aliphatic rings. The molecule has 1 atom stereocenters. The molecule has 0 fully saturated rings. The summed E-state index contributed by atoms with van der Waals surface area (Å²) >= 11 is 5.94. The highest BCUT2D eigenvalue weighted by atomic mass is 35.5. The first-order valence-corrected chi connectivity index (χ1v) is 5.82. The third-order valence-electron chi connectivity index (χ3n) is 2.97. The number of benzene rings is 1. The van der Waals surface area contributed by atoms with E-state index in [2.05, 4.69) is 0 Å². The Morgan fingerprint density at radius 3 is 3.12 bits per heavy atom. The number of rotatable bonds is 3. The fourth-order valence-corrected chi connectivity index (χ4v) is 2.12. The number of nitrogens with zero attached hydrogens (tertiary/aromatic N) is 1. The Hall–Kier alpha value is -1.42. The molecule has 0 bridgehead atoms. The lowest BCUT2D eigenvalue weighted by atomic mass is 10.1. The van der Waals surface area contributed by atoms with E-state index < -0.39 is 5.97 Å². The molecule has 1 aromatic carbocycles. The zero-order valence-electron chi connectivity index (χ0n) is 9.52. The highest BCUT2D eigenvalue weighted by molar-refractivity contribution is 6.30. The number of carbonyl (C=O) groups is 1. The average molecular weight is 256 g/mol. The van der Waals surface area contributed by atoms with Crippen LogP contribution in [-0.2, 0) is 4.79 Å². The first-order valence-electron chi connectivity index (χ1n) is 5.45. The third kappa shape index (κ3) is 2.64. The van der Waals surface area contributed by atoms with Crippen LogP contribution in [0.25, 0.3) is 0 Å². The summed E-state index contributed by atoms with van der Waals surface area (Å²) in [5.74, 6) is 0.0127. The third-order valence-corrected chi connectivity index (χ3v) is 3.21. The van der Waals surface area contributed by atoms with Crippen molar-refractivity contribution in [2.75, 3.05) is 18.6 Å². The van der Waals surface area contributed by atoms with Crippen molar-refractivity contribution in [2.45, 2.75) is 18.9 Å². The molecule has 0 saturated carbocycles. The zero-order chi connectivity index (χ0) is 12.4. The van der Waals surface area contributed by atoms with E-state index in [9.17, 15) is 4.79 Å². The van der Waals surface area contributed by atoms with E-state index in [1.54, 1.807) is 6.07 Å². The molecule has 1 aliphatic heterocycles. The van der Waals surface area contributed by atoms with Crippen LogP contribution >= 0.6 is 11.6 Å². The summed E-state index contributed by atoms with van der Waals surface area (Å²) in [6.45, 7) is 0.512. The van der Waals surface area contributed by atoms with Gasteiger partial charge in [-0.15, -0.1) is 0 Å². The summed E-state index contributed by atoms with van der Waals surface area (Å²) < 4.78 is 5.60. The Kier molecular flexibility index (Phi) is 3.43. The first-order chi connectivity index (χ1) is 8.08. The maximum absolute atomic E-state index is 10.6. The van der Waals surface area contributed by atoms with Crippen LogP contribution in [0.2, 0.25) is 5.02 Å². The number of hydrogen-bond acceptors (Lipinski definition) is 3. The van der Waals surface area contributed by atoms with Gasteiger partial charge in [0.05, 0.1) is 11.7 Å². The molecule has 1 heterocycles. The Morgan fingerprint density at radius 1 is 1.65 bits per heavy atom. The fourth-order valence-electron chi connectivity index (χ4n) is 1.95. The molecule has 92 valence electrons. The minimum Gasteiger partial charge on any atom is -0.489 e. The number of carboxylic acids is 1. The topological polar surface area (TPSA) is 49.8 Å². The monoisotopic (exact) mass is 255 g/mol. The molecule has 0 spiro atoms. The average Bonchev–Trinajstić information content (AvgIpc) is 2.29. The summed E-state index contributed by atoms with van der Waals surface area (Å²) in [6.07, 6.45) is 0.714. The Bertz CT molecular complexity index is 436. The van der Waals surface area contributed by atoms with Crippen molar-refractivity contribution in [3.63, 3.8) is 0 Å². The van der Waals surface area contributed by atoms with Crippen molar-refractivity contribution >= 4 is 23.3 Å². The molecular weight excluding hydrogens is 242 g/mol. The molecule has 17 heavy (non-hydrogen) atoms. The van der Waals surface area contributed by atoms with Crippen LogP contribution in [0.1, 0.15) is 12.8 Å². The second-order valence-electron chi connectivity index (χ2n) is 4.12. The van der Waals surface area contributed by atoms with Crippen molar-refractivity contribution in [1.29, 1.82) is 0 Å². The van der Waals surface area contributed by atoms with E-state index in [4.69, 9.17) is 21.4 Å². The van der Waals surface area contributed by atoms with E-state index in [0.717, 1.165) is 11.4 Å². The van der Waals surface area contributed by atoms with E-state index in [0.29, 0.717) is 18.1 Å². The van der Waals surface area contributed by atoms with Gasteiger partial charge in [0.25, 0.3) is 0 Å². The lowest BCUT2D eigenvalue weighted by Gasteiger charge is -2.35. The normalized spacial score (nSPS) is 18.5. The SMILES string of the molecule is CN1c2cc(Cl)ccc2OCC1CCC(=O)O. The van der Waals surface area contributed by atoms with Crippen LogP contribution in [-0.4, -0.2) is 30.8 Å². The molecule has 0 aliphatic carbocycles.